The maximum Gasteiger partial charge on any atom is 0.167 e. The average Bonchev–Trinajstić information content (AvgIpc) is 2.29. The number of ether oxygens (including phenoxy) is 1. The Labute approximate surface area is 101 Å². The van der Waals surface area contributed by atoms with Gasteiger partial charge in [-0.3, -0.25) is 0 Å². The van der Waals surface area contributed by atoms with E-state index in [9.17, 15) is 8.78 Å². The SMILES string of the molecule is CCCNC(C)CCOc1ccc(F)cc1F. The molecule has 0 amide bonds. The Kier molecular flexibility index (Phi) is 5.91. The minimum atomic E-state index is -0.654. The van der Waals surface area contributed by atoms with Crippen LogP contribution in [0.3, 0.4) is 0 Å². The number of hydrogen-bond donors (Lipinski definition) is 1. The normalized spacial score (nSPS) is 12.5. The van der Waals surface area contributed by atoms with Crippen LogP contribution < -0.4 is 10.1 Å². The van der Waals surface area contributed by atoms with E-state index in [1.54, 1.807) is 0 Å². The third-order valence-corrected chi connectivity index (χ3v) is 2.45. The van der Waals surface area contributed by atoms with Crippen LogP contribution in [-0.2, 0) is 0 Å². The molecule has 0 aromatic heterocycles. The van der Waals surface area contributed by atoms with Crippen molar-refractivity contribution < 1.29 is 13.5 Å². The van der Waals surface area contributed by atoms with Crippen LogP contribution in [-0.4, -0.2) is 19.2 Å². The highest BCUT2D eigenvalue weighted by atomic mass is 19.1. The monoisotopic (exact) mass is 243 g/mol. The van der Waals surface area contributed by atoms with Crippen LogP contribution in [0.5, 0.6) is 5.75 Å². The molecule has 1 rings (SSSR count). The molecule has 0 aliphatic heterocycles. The molecule has 2 nitrogen and oxygen atoms in total. The Morgan fingerprint density at radius 1 is 1.35 bits per heavy atom. The smallest absolute Gasteiger partial charge is 0.167 e. The first-order valence-electron chi connectivity index (χ1n) is 5.94. The van der Waals surface area contributed by atoms with Crippen molar-refractivity contribution in [1.82, 2.24) is 5.32 Å². The van der Waals surface area contributed by atoms with Crippen molar-refractivity contribution in [3.8, 4) is 5.75 Å². The topological polar surface area (TPSA) is 21.3 Å². The highest BCUT2D eigenvalue weighted by Gasteiger charge is 2.06. The molecule has 0 spiro atoms. The van der Waals surface area contributed by atoms with Crippen LogP contribution in [0.4, 0.5) is 8.78 Å². The van der Waals surface area contributed by atoms with Gasteiger partial charge in [-0.15, -0.1) is 0 Å². The van der Waals surface area contributed by atoms with Crippen LogP contribution in [0.15, 0.2) is 18.2 Å². The molecule has 0 aliphatic rings. The predicted molar refractivity (Wildman–Crippen MR) is 64.2 cm³/mol. The van der Waals surface area contributed by atoms with Crippen LogP contribution in [0.2, 0.25) is 0 Å². The Morgan fingerprint density at radius 3 is 2.76 bits per heavy atom. The van der Waals surface area contributed by atoms with Crippen molar-refractivity contribution in [2.75, 3.05) is 13.2 Å². The summed E-state index contributed by atoms with van der Waals surface area (Å²) in [6.07, 6.45) is 1.87. The van der Waals surface area contributed by atoms with Gasteiger partial charge in [0.15, 0.2) is 11.6 Å². The minimum Gasteiger partial charge on any atom is -0.490 e. The zero-order valence-corrected chi connectivity index (χ0v) is 10.3. The largest absolute Gasteiger partial charge is 0.490 e. The van der Waals surface area contributed by atoms with Gasteiger partial charge in [-0.1, -0.05) is 6.92 Å². The summed E-state index contributed by atoms with van der Waals surface area (Å²) in [6, 6.07) is 3.67. The van der Waals surface area contributed by atoms with Gasteiger partial charge < -0.3 is 10.1 Å². The summed E-state index contributed by atoms with van der Waals surface area (Å²) in [6.45, 7) is 5.54. The van der Waals surface area contributed by atoms with Crippen molar-refractivity contribution >= 4 is 0 Å². The van der Waals surface area contributed by atoms with Crippen molar-refractivity contribution in [1.29, 1.82) is 0 Å². The third kappa shape index (κ3) is 5.13. The molecular formula is C13H19F2NO. The molecule has 0 saturated heterocycles. The molecule has 0 radical (unpaired) electrons. The summed E-state index contributed by atoms with van der Waals surface area (Å²) in [5, 5.41) is 3.31. The van der Waals surface area contributed by atoms with E-state index < -0.39 is 11.6 Å². The lowest BCUT2D eigenvalue weighted by Gasteiger charge is -2.13. The summed E-state index contributed by atoms with van der Waals surface area (Å²) in [4.78, 5) is 0. The highest BCUT2D eigenvalue weighted by molar-refractivity contribution is 5.24. The summed E-state index contributed by atoms with van der Waals surface area (Å²) < 4.78 is 31.1. The van der Waals surface area contributed by atoms with Gasteiger partial charge in [-0.05, 0) is 38.4 Å². The van der Waals surface area contributed by atoms with Crippen LogP contribution in [0.25, 0.3) is 0 Å². The fourth-order valence-electron chi connectivity index (χ4n) is 1.43. The average molecular weight is 243 g/mol. The van der Waals surface area contributed by atoms with E-state index in [4.69, 9.17) is 4.74 Å². The standard InChI is InChI=1S/C13H19F2NO/c1-3-7-16-10(2)6-8-17-13-5-4-11(14)9-12(13)15/h4-5,9-10,16H,3,6-8H2,1-2H3. The van der Waals surface area contributed by atoms with Crippen LogP contribution in [0, 0.1) is 11.6 Å². The zero-order chi connectivity index (χ0) is 12.7. The summed E-state index contributed by atoms with van der Waals surface area (Å²) in [5.74, 6) is -1.14. The Hall–Kier alpha value is -1.16. The fraction of sp³-hybridized carbons (Fsp3) is 0.538. The number of halogens is 2. The van der Waals surface area contributed by atoms with E-state index in [0.717, 1.165) is 25.5 Å². The number of rotatable bonds is 7. The van der Waals surface area contributed by atoms with Gasteiger partial charge in [-0.25, -0.2) is 8.78 Å². The summed E-state index contributed by atoms with van der Waals surface area (Å²) in [7, 11) is 0. The van der Waals surface area contributed by atoms with Gasteiger partial charge in [0.2, 0.25) is 0 Å². The maximum absolute atomic E-state index is 13.2. The van der Waals surface area contributed by atoms with Crippen molar-refractivity contribution in [2.24, 2.45) is 0 Å². The highest BCUT2D eigenvalue weighted by Crippen LogP contribution is 2.17. The number of nitrogens with one attached hydrogen (secondary N) is 1. The fourth-order valence-corrected chi connectivity index (χ4v) is 1.43. The van der Waals surface area contributed by atoms with Crippen LogP contribution >= 0.6 is 0 Å². The molecular weight excluding hydrogens is 224 g/mol. The molecule has 1 N–H and O–H groups in total. The van der Waals surface area contributed by atoms with E-state index in [2.05, 4.69) is 19.2 Å². The van der Waals surface area contributed by atoms with Gasteiger partial charge in [0.1, 0.15) is 5.82 Å². The molecule has 0 saturated carbocycles. The van der Waals surface area contributed by atoms with Crippen LogP contribution in [0.1, 0.15) is 26.7 Å². The van der Waals surface area contributed by atoms with E-state index in [1.165, 1.54) is 12.1 Å². The lowest BCUT2D eigenvalue weighted by molar-refractivity contribution is 0.277. The first-order chi connectivity index (χ1) is 8.13. The Balaban J connectivity index is 2.30. The first kappa shape index (κ1) is 13.9. The van der Waals surface area contributed by atoms with Gasteiger partial charge >= 0.3 is 0 Å². The van der Waals surface area contributed by atoms with Crippen molar-refractivity contribution in [3.05, 3.63) is 29.8 Å². The second-order valence-corrected chi connectivity index (χ2v) is 4.07. The van der Waals surface area contributed by atoms with E-state index in [-0.39, 0.29) is 5.75 Å². The molecule has 4 heteroatoms. The Bertz CT molecular complexity index is 344. The lowest BCUT2D eigenvalue weighted by atomic mass is 10.2. The molecule has 17 heavy (non-hydrogen) atoms. The van der Waals surface area contributed by atoms with Crippen molar-refractivity contribution in [2.45, 2.75) is 32.7 Å². The first-order valence-corrected chi connectivity index (χ1v) is 5.94. The molecule has 0 fully saturated rings. The van der Waals surface area contributed by atoms with Crippen molar-refractivity contribution in [3.63, 3.8) is 0 Å². The molecule has 0 heterocycles. The second-order valence-electron chi connectivity index (χ2n) is 4.07. The van der Waals surface area contributed by atoms with Gasteiger partial charge in [-0.2, -0.15) is 0 Å². The quantitative estimate of drug-likeness (QED) is 0.794. The second kappa shape index (κ2) is 7.22. The maximum atomic E-state index is 13.2. The van der Waals surface area contributed by atoms with Gasteiger partial charge in [0.25, 0.3) is 0 Å². The van der Waals surface area contributed by atoms with E-state index in [1.807, 2.05) is 0 Å². The predicted octanol–water partition coefficient (Wildman–Crippen LogP) is 3.12. The zero-order valence-electron chi connectivity index (χ0n) is 10.3. The Morgan fingerprint density at radius 2 is 2.12 bits per heavy atom. The molecule has 96 valence electrons. The van der Waals surface area contributed by atoms with E-state index in [0.29, 0.717) is 12.6 Å². The minimum absolute atomic E-state index is 0.106. The molecule has 1 aromatic rings. The number of benzene rings is 1. The van der Waals surface area contributed by atoms with E-state index >= 15 is 0 Å². The summed E-state index contributed by atoms with van der Waals surface area (Å²) in [5.41, 5.74) is 0. The third-order valence-electron chi connectivity index (χ3n) is 2.45. The number of hydrogen-bond acceptors (Lipinski definition) is 2. The molecule has 0 aliphatic carbocycles. The van der Waals surface area contributed by atoms with Gasteiger partial charge in [0, 0.05) is 12.1 Å². The molecule has 1 atom stereocenters. The molecule has 0 bridgehead atoms. The molecule has 1 aromatic carbocycles. The molecule has 1 unspecified atom stereocenters. The summed E-state index contributed by atoms with van der Waals surface area (Å²) >= 11 is 0. The van der Waals surface area contributed by atoms with Gasteiger partial charge in [0.05, 0.1) is 6.61 Å². The lowest BCUT2D eigenvalue weighted by Crippen LogP contribution is -2.28.